The van der Waals surface area contributed by atoms with Gasteiger partial charge in [-0.2, -0.15) is 11.8 Å². The third-order valence-electron chi connectivity index (χ3n) is 4.76. The molecule has 1 atom stereocenters. The van der Waals surface area contributed by atoms with Crippen LogP contribution in [0.5, 0.6) is 0 Å². The zero-order valence-corrected chi connectivity index (χ0v) is 18.6. The average Bonchev–Trinajstić information content (AvgIpc) is 3.32. The van der Waals surface area contributed by atoms with Crippen molar-refractivity contribution < 1.29 is 18.7 Å². The molecule has 2 aliphatic heterocycles. The number of hydrogen-bond donors (Lipinski definition) is 1. The van der Waals surface area contributed by atoms with E-state index in [-0.39, 0.29) is 24.8 Å². The van der Waals surface area contributed by atoms with Crippen LogP contribution in [0.4, 0.5) is 20.6 Å². The highest BCUT2D eigenvalue weighted by Gasteiger charge is 2.33. The summed E-state index contributed by atoms with van der Waals surface area (Å²) in [7, 11) is 0. The van der Waals surface area contributed by atoms with E-state index in [1.807, 2.05) is 16.7 Å². The number of amides is 2. The van der Waals surface area contributed by atoms with Crippen LogP contribution in [0.3, 0.4) is 0 Å². The Hall–Kier alpha value is -1.78. The maximum absolute atomic E-state index is 14.7. The summed E-state index contributed by atoms with van der Waals surface area (Å²) in [6.07, 6.45) is -1.03. The van der Waals surface area contributed by atoms with E-state index in [0.717, 1.165) is 28.4 Å². The van der Waals surface area contributed by atoms with E-state index in [0.29, 0.717) is 16.3 Å². The van der Waals surface area contributed by atoms with Crippen LogP contribution in [0, 0.1) is 5.82 Å². The normalized spacial score (nSPS) is 19.4. The average molecular weight is 500 g/mol. The minimum Gasteiger partial charge on any atom is -0.442 e. The van der Waals surface area contributed by atoms with Gasteiger partial charge in [-0.1, -0.05) is 0 Å². The molecule has 0 saturated carbocycles. The summed E-state index contributed by atoms with van der Waals surface area (Å²) in [4.78, 5) is 28.4. The van der Waals surface area contributed by atoms with Crippen LogP contribution in [0.15, 0.2) is 34.1 Å². The monoisotopic (exact) mass is 499 g/mol. The van der Waals surface area contributed by atoms with Crippen LogP contribution in [-0.2, 0) is 4.74 Å². The van der Waals surface area contributed by atoms with Gasteiger partial charge in [0.05, 0.1) is 33.1 Å². The van der Waals surface area contributed by atoms with Gasteiger partial charge in [0.25, 0.3) is 5.91 Å². The standard InChI is InChI=1S/C19H19BrFN3O3S2/c20-17-4-3-16(29-17)18(25)22-10-13-11-24(19(26)27-13)12-1-2-15(14(21)9-12)23-5-7-28-8-6-23/h1-4,9,13H,5-8,10-11H2,(H,22,25)/t13-/m0/s1. The molecule has 3 heterocycles. The van der Waals surface area contributed by atoms with Gasteiger partial charge in [-0.05, 0) is 46.3 Å². The Labute approximate surface area is 184 Å². The highest BCUT2D eigenvalue weighted by Crippen LogP contribution is 2.29. The van der Waals surface area contributed by atoms with Crippen molar-refractivity contribution in [3.05, 3.63) is 44.8 Å². The number of rotatable bonds is 5. The minimum absolute atomic E-state index is 0.197. The molecule has 2 aliphatic rings. The van der Waals surface area contributed by atoms with Crippen molar-refractivity contribution in [2.45, 2.75) is 6.10 Å². The second kappa shape index (κ2) is 8.93. The van der Waals surface area contributed by atoms with E-state index < -0.39 is 12.2 Å². The molecule has 1 aromatic carbocycles. The molecule has 6 nitrogen and oxygen atoms in total. The molecule has 0 radical (unpaired) electrons. The highest BCUT2D eigenvalue weighted by atomic mass is 79.9. The number of hydrogen-bond acceptors (Lipinski definition) is 6. The molecule has 10 heteroatoms. The topological polar surface area (TPSA) is 61.9 Å². The maximum atomic E-state index is 14.7. The number of carbonyl (C=O) groups excluding carboxylic acids is 2. The molecule has 0 bridgehead atoms. The molecule has 2 saturated heterocycles. The Kier molecular flexibility index (Phi) is 6.31. The molecule has 29 heavy (non-hydrogen) atoms. The highest BCUT2D eigenvalue weighted by molar-refractivity contribution is 9.11. The molecule has 0 spiro atoms. The summed E-state index contributed by atoms with van der Waals surface area (Å²) in [6, 6.07) is 8.37. The number of halogens is 2. The third-order valence-corrected chi connectivity index (χ3v) is 7.32. The first-order chi connectivity index (χ1) is 14.0. The van der Waals surface area contributed by atoms with Gasteiger partial charge in [0.1, 0.15) is 11.9 Å². The van der Waals surface area contributed by atoms with E-state index in [9.17, 15) is 14.0 Å². The first-order valence-electron chi connectivity index (χ1n) is 9.15. The summed E-state index contributed by atoms with van der Waals surface area (Å²) >= 11 is 6.52. The molecule has 154 valence electrons. The number of ether oxygens (including phenoxy) is 1. The lowest BCUT2D eigenvalue weighted by Crippen LogP contribution is -2.34. The van der Waals surface area contributed by atoms with Crippen LogP contribution in [0.25, 0.3) is 0 Å². The van der Waals surface area contributed by atoms with Crippen molar-refractivity contribution in [1.29, 1.82) is 0 Å². The van der Waals surface area contributed by atoms with Crippen LogP contribution in [0.1, 0.15) is 9.67 Å². The zero-order chi connectivity index (χ0) is 20.4. The number of nitrogens with zero attached hydrogens (tertiary/aromatic N) is 2. The Morgan fingerprint density at radius 1 is 1.28 bits per heavy atom. The predicted octanol–water partition coefficient (Wildman–Crippen LogP) is 3.96. The van der Waals surface area contributed by atoms with Crippen LogP contribution < -0.4 is 15.1 Å². The zero-order valence-electron chi connectivity index (χ0n) is 15.4. The lowest BCUT2D eigenvalue weighted by atomic mass is 10.2. The smallest absolute Gasteiger partial charge is 0.414 e. The van der Waals surface area contributed by atoms with Crippen molar-refractivity contribution in [3.8, 4) is 0 Å². The minimum atomic E-state index is -0.537. The van der Waals surface area contributed by atoms with Gasteiger partial charge in [-0.15, -0.1) is 11.3 Å². The second-order valence-electron chi connectivity index (χ2n) is 6.67. The SMILES string of the molecule is O=C(NC[C@H]1CN(c2ccc(N3CCSCC3)c(F)c2)C(=O)O1)c1ccc(Br)s1. The van der Waals surface area contributed by atoms with Crippen molar-refractivity contribution in [2.75, 3.05) is 47.5 Å². The first kappa shape index (κ1) is 20.5. The number of benzene rings is 1. The molecule has 1 aromatic heterocycles. The Morgan fingerprint density at radius 3 is 2.76 bits per heavy atom. The van der Waals surface area contributed by atoms with Crippen molar-refractivity contribution >= 4 is 62.4 Å². The third kappa shape index (κ3) is 4.70. The van der Waals surface area contributed by atoms with E-state index in [2.05, 4.69) is 21.2 Å². The molecule has 0 aliphatic carbocycles. The fourth-order valence-corrected chi connectivity index (χ4v) is 5.50. The number of thiophene rings is 1. The Balaban J connectivity index is 1.37. The summed E-state index contributed by atoms with van der Waals surface area (Å²) in [5, 5.41) is 2.77. The summed E-state index contributed by atoms with van der Waals surface area (Å²) in [5.74, 6) is 1.40. The molecular formula is C19H19BrFN3O3S2. The molecular weight excluding hydrogens is 481 g/mol. The molecule has 0 unspecified atom stereocenters. The molecule has 2 fully saturated rings. The largest absolute Gasteiger partial charge is 0.442 e. The number of nitrogens with one attached hydrogen (secondary N) is 1. The molecule has 2 amide bonds. The quantitative estimate of drug-likeness (QED) is 0.674. The van der Waals surface area contributed by atoms with Crippen molar-refractivity contribution in [2.24, 2.45) is 0 Å². The number of carbonyl (C=O) groups is 2. The number of anilines is 2. The molecule has 2 aromatic rings. The summed E-state index contributed by atoms with van der Waals surface area (Å²) in [5.41, 5.74) is 1.02. The predicted molar refractivity (Wildman–Crippen MR) is 118 cm³/mol. The molecule has 1 N–H and O–H groups in total. The lowest BCUT2D eigenvalue weighted by Gasteiger charge is -2.29. The fourth-order valence-electron chi connectivity index (χ4n) is 3.29. The van der Waals surface area contributed by atoms with Gasteiger partial charge in [0.15, 0.2) is 0 Å². The van der Waals surface area contributed by atoms with Gasteiger partial charge < -0.3 is 15.0 Å². The lowest BCUT2D eigenvalue weighted by molar-refractivity contribution is 0.0920. The van der Waals surface area contributed by atoms with Crippen LogP contribution in [0.2, 0.25) is 0 Å². The summed E-state index contributed by atoms with van der Waals surface area (Å²) < 4.78 is 20.9. The van der Waals surface area contributed by atoms with E-state index in [4.69, 9.17) is 4.74 Å². The second-order valence-corrected chi connectivity index (χ2v) is 10.4. The molecule has 4 rings (SSSR count). The first-order valence-corrected chi connectivity index (χ1v) is 11.9. The number of thioether (sulfide) groups is 1. The Morgan fingerprint density at radius 2 is 2.07 bits per heavy atom. The van der Waals surface area contributed by atoms with E-state index >= 15 is 0 Å². The van der Waals surface area contributed by atoms with Crippen LogP contribution in [-0.4, -0.2) is 55.8 Å². The Bertz CT molecular complexity index is 920. The van der Waals surface area contributed by atoms with Gasteiger partial charge >= 0.3 is 6.09 Å². The summed E-state index contributed by atoms with van der Waals surface area (Å²) in [6.45, 7) is 2.08. The van der Waals surface area contributed by atoms with E-state index in [1.54, 1.807) is 24.3 Å². The van der Waals surface area contributed by atoms with Gasteiger partial charge in [0.2, 0.25) is 0 Å². The van der Waals surface area contributed by atoms with Crippen molar-refractivity contribution in [3.63, 3.8) is 0 Å². The van der Waals surface area contributed by atoms with Crippen LogP contribution >= 0.6 is 39.0 Å². The van der Waals surface area contributed by atoms with E-state index in [1.165, 1.54) is 22.3 Å². The number of cyclic esters (lactones) is 1. The maximum Gasteiger partial charge on any atom is 0.414 e. The fraction of sp³-hybridized carbons (Fsp3) is 0.368. The van der Waals surface area contributed by atoms with Crippen molar-refractivity contribution in [1.82, 2.24) is 5.32 Å². The van der Waals surface area contributed by atoms with Gasteiger partial charge in [-0.3, -0.25) is 9.69 Å². The van der Waals surface area contributed by atoms with Gasteiger partial charge in [0, 0.05) is 24.6 Å². The van der Waals surface area contributed by atoms with Gasteiger partial charge in [-0.25, -0.2) is 9.18 Å².